The molecule has 8 nitrogen and oxygen atoms in total. The molecule has 4 bridgehead atoms. The normalized spacial score (nSPS) is 16.2. The van der Waals surface area contributed by atoms with E-state index in [-0.39, 0.29) is 31.5 Å². The molecule has 3 heterocycles. The Morgan fingerprint density at radius 2 is 1.97 bits per heavy atom. The second-order valence-corrected chi connectivity index (χ2v) is 8.65. The molecular formula is C18H10BrF5N4O4S. The fourth-order valence-corrected chi connectivity index (χ4v) is 4.57. The van der Waals surface area contributed by atoms with Crippen LogP contribution in [0.2, 0.25) is 0 Å². The molecule has 0 fully saturated rings. The van der Waals surface area contributed by atoms with Crippen molar-refractivity contribution in [2.24, 2.45) is 0 Å². The van der Waals surface area contributed by atoms with Crippen LogP contribution >= 0.6 is 15.9 Å². The van der Waals surface area contributed by atoms with Gasteiger partial charge in [0.25, 0.3) is 0 Å². The predicted octanol–water partition coefficient (Wildman–Crippen LogP) is 4.63. The topological polar surface area (TPSA) is 106 Å². The van der Waals surface area contributed by atoms with Crippen molar-refractivity contribution in [3.8, 4) is 16.9 Å². The number of pyridine rings is 1. The van der Waals surface area contributed by atoms with E-state index in [1.165, 1.54) is 0 Å². The Kier molecular flexibility index (Phi) is 5.86. The number of rotatable bonds is 1. The monoisotopic (exact) mass is 552 g/mol. The van der Waals surface area contributed by atoms with Gasteiger partial charge < -0.3 is 9.84 Å². The van der Waals surface area contributed by atoms with Gasteiger partial charge in [0.05, 0.1) is 15.7 Å². The molecule has 1 aliphatic heterocycles. The third-order valence-corrected chi connectivity index (χ3v) is 6.20. The number of aromatic hydroxyl groups is 1. The molecule has 2 aromatic heterocycles. The number of nitrogens with one attached hydrogen (secondary N) is 1. The van der Waals surface area contributed by atoms with Gasteiger partial charge in [-0.3, -0.25) is 4.72 Å². The molecule has 0 amide bonds. The Labute approximate surface area is 192 Å². The number of halogens is 6. The van der Waals surface area contributed by atoms with Crippen LogP contribution in [0.1, 0.15) is 28.3 Å². The minimum absolute atomic E-state index is 0.0758. The minimum Gasteiger partial charge on any atom is -0.505 e. The van der Waals surface area contributed by atoms with Crippen molar-refractivity contribution in [2.45, 2.75) is 24.2 Å². The van der Waals surface area contributed by atoms with Crippen LogP contribution in [-0.2, 0) is 28.5 Å². The lowest BCUT2D eigenvalue weighted by atomic mass is 10.1. The van der Waals surface area contributed by atoms with Gasteiger partial charge in [-0.2, -0.15) is 27.1 Å². The SMILES string of the molecule is O=C1OCc2nn(C(F)F)cc2-c2cnc(C(F)(F)F)c(c2)NS(=O)c2cc1cc(Br)c2O. The number of fused-ring (bicyclic) bond motifs is 6. The van der Waals surface area contributed by atoms with E-state index in [9.17, 15) is 36.1 Å². The summed E-state index contributed by atoms with van der Waals surface area (Å²) in [6.07, 6.45) is -3.32. The number of phenols is 1. The molecule has 0 saturated heterocycles. The van der Waals surface area contributed by atoms with Gasteiger partial charge >= 0.3 is 18.7 Å². The first-order valence-corrected chi connectivity index (χ1v) is 10.7. The maximum Gasteiger partial charge on any atom is 0.435 e. The summed E-state index contributed by atoms with van der Waals surface area (Å²) in [5, 5.41) is 13.9. The largest absolute Gasteiger partial charge is 0.505 e. The Bertz CT molecular complexity index is 1300. The molecule has 0 saturated carbocycles. The first-order chi connectivity index (χ1) is 15.5. The maximum atomic E-state index is 13.5. The number of benzene rings is 1. The van der Waals surface area contributed by atoms with Gasteiger partial charge in [-0.15, -0.1) is 0 Å². The fourth-order valence-electron chi connectivity index (χ4n) is 3.00. The molecule has 0 aliphatic carbocycles. The molecule has 0 radical (unpaired) electrons. The lowest BCUT2D eigenvalue weighted by molar-refractivity contribution is -0.140. The number of aromatic nitrogens is 3. The van der Waals surface area contributed by atoms with E-state index < -0.39 is 58.3 Å². The van der Waals surface area contributed by atoms with Gasteiger partial charge in [0.2, 0.25) is 0 Å². The van der Waals surface area contributed by atoms with E-state index in [0.29, 0.717) is 0 Å². The number of phenolic OH excluding ortho intramolecular Hbond substituents is 1. The van der Waals surface area contributed by atoms with Crippen molar-refractivity contribution in [1.29, 1.82) is 0 Å². The van der Waals surface area contributed by atoms with Gasteiger partial charge in [0.15, 0.2) is 16.7 Å². The summed E-state index contributed by atoms with van der Waals surface area (Å²) in [5.74, 6) is -1.56. The van der Waals surface area contributed by atoms with E-state index >= 15 is 0 Å². The van der Waals surface area contributed by atoms with Gasteiger partial charge in [0.1, 0.15) is 22.9 Å². The third-order valence-electron chi connectivity index (χ3n) is 4.48. The summed E-state index contributed by atoms with van der Waals surface area (Å²) in [4.78, 5) is 15.4. The molecule has 174 valence electrons. The molecule has 1 atom stereocenters. The van der Waals surface area contributed by atoms with Crippen molar-refractivity contribution in [3.05, 3.63) is 52.0 Å². The predicted molar refractivity (Wildman–Crippen MR) is 107 cm³/mol. The van der Waals surface area contributed by atoms with Gasteiger partial charge in [-0.25, -0.2) is 18.7 Å². The fraction of sp³-hybridized carbons (Fsp3) is 0.167. The van der Waals surface area contributed by atoms with Gasteiger partial charge in [-0.05, 0) is 34.1 Å². The Balaban J connectivity index is 1.96. The van der Waals surface area contributed by atoms with Crippen LogP contribution in [0.15, 0.2) is 40.0 Å². The number of hydrogen-bond acceptors (Lipinski definition) is 6. The van der Waals surface area contributed by atoms with Crippen LogP contribution in [0.25, 0.3) is 11.1 Å². The summed E-state index contributed by atoms with van der Waals surface area (Å²) in [6, 6.07) is 3.01. The average Bonchev–Trinajstić information content (AvgIpc) is 3.17. The zero-order valence-corrected chi connectivity index (χ0v) is 18.3. The lowest BCUT2D eigenvalue weighted by Gasteiger charge is -2.15. The Hall–Kier alpha value is -3.07. The second kappa shape index (κ2) is 8.37. The van der Waals surface area contributed by atoms with E-state index in [1.54, 1.807) is 0 Å². The van der Waals surface area contributed by atoms with Crippen molar-refractivity contribution >= 4 is 38.6 Å². The highest BCUT2D eigenvalue weighted by atomic mass is 79.9. The summed E-state index contributed by atoms with van der Waals surface area (Å²) >= 11 is 2.98. The van der Waals surface area contributed by atoms with Crippen molar-refractivity contribution in [1.82, 2.24) is 14.8 Å². The summed E-state index contributed by atoms with van der Waals surface area (Å²) in [7, 11) is -2.50. The van der Waals surface area contributed by atoms with Crippen molar-refractivity contribution in [3.63, 3.8) is 0 Å². The first-order valence-electron chi connectivity index (χ1n) is 8.77. The van der Waals surface area contributed by atoms with Crippen molar-refractivity contribution in [2.75, 3.05) is 4.72 Å². The van der Waals surface area contributed by atoms with Gasteiger partial charge in [-0.1, -0.05) is 0 Å². The first kappa shape index (κ1) is 23.1. The maximum absolute atomic E-state index is 13.5. The quantitative estimate of drug-likeness (QED) is 0.336. The molecule has 0 spiro atoms. The second-order valence-electron chi connectivity index (χ2n) is 6.62. The molecule has 33 heavy (non-hydrogen) atoms. The molecule has 2 N–H and O–H groups in total. The summed E-state index contributed by atoms with van der Waals surface area (Å²) in [5.41, 5.74) is -2.72. The van der Waals surface area contributed by atoms with E-state index in [4.69, 9.17) is 4.74 Å². The van der Waals surface area contributed by atoms with Crippen molar-refractivity contribution < 1.29 is 40.8 Å². The van der Waals surface area contributed by atoms with E-state index in [1.807, 2.05) is 0 Å². The zero-order chi connectivity index (χ0) is 24.1. The molecule has 1 aliphatic rings. The number of cyclic esters (lactones) is 1. The van der Waals surface area contributed by atoms with Crippen LogP contribution < -0.4 is 4.72 Å². The van der Waals surface area contributed by atoms with Gasteiger partial charge in [0, 0.05) is 23.5 Å². The Morgan fingerprint density at radius 1 is 1.24 bits per heavy atom. The number of carbonyl (C=O) groups excluding carboxylic acids is 1. The van der Waals surface area contributed by atoms with Crippen LogP contribution in [0.5, 0.6) is 5.75 Å². The average molecular weight is 553 g/mol. The van der Waals surface area contributed by atoms with E-state index in [2.05, 4.69) is 30.7 Å². The number of alkyl halides is 5. The number of nitrogens with zero attached hydrogens (tertiary/aromatic N) is 3. The van der Waals surface area contributed by atoms with Crippen LogP contribution in [-0.4, -0.2) is 30.0 Å². The molecule has 1 aromatic carbocycles. The van der Waals surface area contributed by atoms with E-state index in [0.717, 1.165) is 30.6 Å². The third kappa shape index (κ3) is 4.42. The molecule has 1 unspecified atom stereocenters. The smallest absolute Gasteiger partial charge is 0.435 e. The number of anilines is 1. The van der Waals surface area contributed by atoms with Crippen LogP contribution in [0.4, 0.5) is 27.6 Å². The van der Waals surface area contributed by atoms with Crippen LogP contribution in [0.3, 0.4) is 0 Å². The molecular weight excluding hydrogens is 543 g/mol. The summed E-state index contributed by atoms with van der Waals surface area (Å²) < 4.78 is 87.2. The standard InChI is InChI=1S/C18H10BrF5N4O4S/c19-10-1-7-3-13(14(10)29)33(31)27-11-2-8(4-25-15(11)18(22,23)24)9-5-28(17(20)21)26-12(9)6-32-16(7)30/h1-5,17,27,29H,6H2. The molecule has 4 rings (SSSR count). The lowest BCUT2D eigenvalue weighted by Crippen LogP contribution is -2.15. The highest BCUT2D eigenvalue weighted by molar-refractivity contribution is 9.10. The summed E-state index contributed by atoms with van der Waals surface area (Å²) in [6.45, 7) is -3.68. The highest BCUT2D eigenvalue weighted by Gasteiger charge is 2.37. The number of esters is 1. The highest BCUT2D eigenvalue weighted by Crippen LogP contribution is 2.39. The molecule has 15 heteroatoms. The number of ether oxygens (including phenoxy) is 1. The molecule has 3 aromatic rings. The zero-order valence-electron chi connectivity index (χ0n) is 15.9. The van der Waals surface area contributed by atoms with Crippen LogP contribution in [0, 0.1) is 0 Å². The minimum atomic E-state index is -4.96. The Morgan fingerprint density at radius 3 is 2.64 bits per heavy atom. The number of carbonyl (C=O) groups is 1. The number of hydrogen-bond donors (Lipinski definition) is 2.